The van der Waals surface area contributed by atoms with Gasteiger partial charge in [0.15, 0.2) is 0 Å². The Morgan fingerprint density at radius 3 is 3.31 bits per heavy atom. The van der Waals surface area contributed by atoms with Crippen LogP contribution in [0.1, 0.15) is 5.56 Å². The van der Waals surface area contributed by atoms with Gasteiger partial charge >= 0.3 is 0 Å². The summed E-state index contributed by atoms with van der Waals surface area (Å²) in [6, 6.07) is 2.12. The number of hydrogen-bond acceptors (Lipinski definition) is 3. The molecular formula is C9H12BrN3. The average molecular weight is 242 g/mol. The number of aromatic nitrogens is 1. The summed E-state index contributed by atoms with van der Waals surface area (Å²) in [6.45, 7) is 3.00. The van der Waals surface area contributed by atoms with Crippen LogP contribution in [0.3, 0.4) is 0 Å². The van der Waals surface area contributed by atoms with E-state index in [9.17, 15) is 0 Å². The van der Waals surface area contributed by atoms with Crippen molar-refractivity contribution in [3.63, 3.8) is 0 Å². The highest BCUT2D eigenvalue weighted by atomic mass is 79.9. The standard InChI is InChI=1S/C9H12BrN3/c1-13-3-2-11-9-7(6-13)4-8(10)5-12-9/h4-5H,2-3,6H2,1H3,(H,11,12). The maximum atomic E-state index is 4.33. The van der Waals surface area contributed by atoms with Gasteiger partial charge in [0.2, 0.25) is 0 Å². The van der Waals surface area contributed by atoms with Gasteiger partial charge in [-0.2, -0.15) is 0 Å². The molecule has 0 saturated heterocycles. The fraction of sp³-hybridized carbons (Fsp3) is 0.444. The van der Waals surface area contributed by atoms with Crippen LogP contribution in [0.4, 0.5) is 5.82 Å². The fourth-order valence-corrected chi connectivity index (χ4v) is 1.87. The Morgan fingerprint density at radius 2 is 2.46 bits per heavy atom. The summed E-state index contributed by atoms with van der Waals surface area (Å²) in [6.07, 6.45) is 1.83. The highest BCUT2D eigenvalue weighted by Crippen LogP contribution is 2.20. The summed E-state index contributed by atoms with van der Waals surface area (Å²) in [4.78, 5) is 6.61. The molecule has 70 valence electrons. The Kier molecular flexibility index (Phi) is 2.51. The zero-order valence-corrected chi connectivity index (χ0v) is 9.13. The topological polar surface area (TPSA) is 28.2 Å². The lowest BCUT2D eigenvalue weighted by atomic mass is 10.2. The van der Waals surface area contributed by atoms with Gasteiger partial charge in [-0.1, -0.05) is 0 Å². The maximum absolute atomic E-state index is 4.33. The van der Waals surface area contributed by atoms with Gasteiger partial charge in [0, 0.05) is 35.9 Å². The lowest BCUT2D eigenvalue weighted by molar-refractivity contribution is 0.346. The predicted octanol–water partition coefficient (Wildman–Crippen LogP) is 1.70. The van der Waals surface area contributed by atoms with E-state index in [2.05, 4.69) is 44.2 Å². The van der Waals surface area contributed by atoms with Crippen molar-refractivity contribution in [1.82, 2.24) is 9.88 Å². The van der Waals surface area contributed by atoms with Crippen LogP contribution >= 0.6 is 15.9 Å². The molecule has 2 rings (SSSR count). The zero-order chi connectivity index (χ0) is 9.26. The van der Waals surface area contributed by atoms with Crippen molar-refractivity contribution in [2.24, 2.45) is 0 Å². The molecule has 1 aliphatic heterocycles. The predicted molar refractivity (Wildman–Crippen MR) is 56.8 cm³/mol. The minimum absolute atomic E-state index is 0.967. The highest BCUT2D eigenvalue weighted by Gasteiger charge is 2.11. The SMILES string of the molecule is CN1CCNc2ncc(Br)cc2C1. The molecule has 0 aromatic carbocycles. The van der Waals surface area contributed by atoms with E-state index >= 15 is 0 Å². The Labute approximate surface area is 86.3 Å². The second-order valence-electron chi connectivity index (χ2n) is 3.33. The molecular weight excluding hydrogens is 230 g/mol. The zero-order valence-electron chi connectivity index (χ0n) is 7.55. The Hall–Kier alpha value is -0.610. The van der Waals surface area contributed by atoms with E-state index in [4.69, 9.17) is 0 Å². The molecule has 0 bridgehead atoms. The van der Waals surface area contributed by atoms with Gasteiger partial charge in [0.05, 0.1) is 0 Å². The normalized spacial score (nSPS) is 17.4. The van der Waals surface area contributed by atoms with Crippen LogP contribution in [0.5, 0.6) is 0 Å². The van der Waals surface area contributed by atoms with Crippen LogP contribution in [0.2, 0.25) is 0 Å². The van der Waals surface area contributed by atoms with Crippen molar-refractivity contribution in [3.05, 3.63) is 22.3 Å². The number of nitrogens with one attached hydrogen (secondary N) is 1. The number of anilines is 1. The molecule has 0 spiro atoms. The molecule has 3 nitrogen and oxygen atoms in total. The molecule has 1 aliphatic rings. The number of likely N-dealkylation sites (N-methyl/N-ethyl adjacent to an activating group) is 1. The Morgan fingerprint density at radius 1 is 1.62 bits per heavy atom. The average Bonchev–Trinajstić information content (AvgIpc) is 2.25. The minimum Gasteiger partial charge on any atom is -0.369 e. The molecule has 0 atom stereocenters. The second-order valence-corrected chi connectivity index (χ2v) is 4.24. The van der Waals surface area contributed by atoms with Crippen molar-refractivity contribution in [3.8, 4) is 0 Å². The van der Waals surface area contributed by atoms with Gasteiger partial charge in [-0.3, -0.25) is 0 Å². The Balaban J connectivity index is 2.35. The highest BCUT2D eigenvalue weighted by molar-refractivity contribution is 9.10. The summed E-state index contributed by atoms with van der Waals surface area (Å²) in [7, 11) is 2.12. The molecule has 0 amide bonds. The fourth-order valence-electron chi connectivity index (χ4n) is 1.50. The summed E-state index contributed by atoms with van der Waals surface area (Å²) in [5, 5.41) is 3.31. The van der Waals surface area contributed by atoms with E-state index in [1.165, 1.54) is 5.56 Å². The van der Waals surface area contributed by atoms with Gasteiger partial charge in [-0.05, 0) is 29.0 Å². The molecule has 1 aromatic heterocycles. The van der Waals surface area contributed by atoms with E-state index < -0.39 is 0 Å². The molecule has 0 aliphatic carbocycles. The lowest BCUT2D eigenvalue weighted by Gasteiger charge is -2.11. The van der Waals surface area contributed by atoms with Gasteiger partial charge < -0.3 is 10.2 Å². The number of pyridine rings is 1. The number of halogens is 1. The first-order valence-electron chi connectivity index (χ1n) is 4.32. The molecule has 0 saturated carbocycles. The maximum Gasteiger partial charge on any atom is 0.130 e. The van der Waals surface area contributed by atoms with Crippen molar-refractivity contribution in [1.29, 1.82) is 0 Å². The number of fused-ring (bicyclic) bond motifs is 1. The smallest absolute Gasteiger partial charge is 0.130 e. The monoisotopic (exact) mass is 241 g/mol. The van der Waals surface area contributed by atoms with Crippen LogP contribution in [-0.2, 0) is 6.54 Å². The third kappa shape index (κ3) is 2.00. The minimum atomic E-state index is 0.967. The van der Waals surface area contributed by atoms with Crippen LogP contribution in [0.25, 0.3) is 0 Å². The summed E-state index contributed by atoms with van der Waals surface area (Å²) in [5.74, 6) is 1.02. The van der Waals surface area contributed by atoms with Crippen LogP contribution in [0.15, 0.2) is 16.7 Å². The third-order valence-electron chi connectivity index (χ3n) is 2.16. The first kappa shape index (κ1) is 8.97. The van der Waals surface area contributed by atoms with Crippen molar-refractivity contribution in [2.45, 2.75) is 6.54 Å². The largest absolute Gasteiger partial charge is 0.369 e. The van der Waals surface area contributed by atoms with E-state index in [-0.39, 0.29) is 0 Å². The first-order valence-corrected chi connectivity index (χ1v) is 5.12. The molecule has 2 heterocycles. The second kappa shape index (κ2) is 3.64. The van der Waals surface area contributed by atoms with Gasteiger partial charge in [0.25, 0.3) is 0 Å². The van der Waals surface area contributed by atoms with Crippen molar-refractivity contribution >= 4 is 21.7 Å². The summed E-state index contributed by atoms with van der Waals surface area (Å²) < 4.78 is 1.04. The summed E-state index contributed by atoms with van der Waals surface area (Å²) in [5.41, 5.74) is 1.26. The van der Waals surface area contributed by atoms with E-state index in [0.717, 1.165) is 29.9 Å². The Bertz CT molecular complexity index is 314. The van der Waals surface area contributed by atoms with Gasteiger partial charge in [-0.25, -0.2) is 4.98 Å². The van der Waals surface area contributed by atoms with Crippen LogP contribution < -0.4 is 5.32 Å². The molecule has 0 fully saturated rings. The van der Waals surface area contributed by atoms with Crippen LogP contribution in [0, 0.1) is 0 Å². The molecule has 1 aromatic rings. The quantitative estimate of drug-likeness (QED) is 0.750. The van der Waals surface area contributed by atoms with Gasteiger partial charge in [0.1, 0.15) is 5.82 Å². The van der Waals surface area contributed by atoms with E-state index in [0.29, 0.717) is 0 Å². The van der Waals surface area contributed by atoms with E-state index in [1.807, 2.05) is 6.20 Å². The molecule has 0 unspecified atom stereocenters. The number of hydrogen-bond donors (Lipinski definition) is 1. The number of nitrogens with zero attached hydrogens (tertiary/aromatic N) is 2. The molecule has 1 N–H and O–H groups in total. The van der Waals surface area contributed by atoms with Gasteiger partial charge in [-0.15, -0.1) is 0 Å². The molecule has 4 heteroatoms. The summed E-state index contributed by atoms with van der Waals surface area (Å²) >= 11 is 3.43. The van der Waals surface area contributed by atoms with Crippen molar-refractivity contribution < 1.29 is 0 Å². The van der Waals surface area contributed by atoms with E-state index in [1.54, 1.807) is 0 Å². The van der Waals surface area contributed by atoms with Crippen molar-refractivity contribution in [2.75, 3.05) is 25.5 Å². The lowest BCUT2D eigenvalue weighted by Crippen LogP contribution is -2.20. The number of rotatable bonds is 0. The third-order valence-corrected chi connectivity index (χ3v) is 2.59. The molecule has 0 radical (unpaired) electrons. The van der Waals surface area contributed by atoms with Crippen LogP contribution in [-0.4, -0.2) is 30.0 Å². The first-order chi connectivity index (χ1) is 6.25. The molecule has 13 heavy (non-hydrogen) atoms.